The van der Waals surface area contributed by atoms with E-state index in [1.807, 2.05) is 30.7 Å². The van der Waals surface area contributed by atoms with Gasteiger partial charge in [-0.1, -0.05) is 18.2 Å². The summed E-state index contributed by atoms with van der Waals surface area (Å²) in [5, 5.41) is 15.9. The topological polar surface area (TPSA) is 79.6 Å². The zero-order valence-electron chi connectivity index (χ0n) is 18.7. The number of fused-ring (bicyclic) bond motifs is 1. The molecular formula is C23H33N7O. The van der Waals surface area contributed by atoms with E-state index in [-0.39, 0.29) is 6.04 Å². The highest BCUT2D eigenvalue weighted by Gasteiger charge is 2.39. The summed E-state index contributed by atoms with van der Waals surface area (Å²) in [5.74, 6) is 3.57. The van der Waals surface area contributed by atoms with E-state index >= 15 is 0 Å². The Morgan fingerprint density at radius 3 is 2.81 bits per heavy atom. The molecule has 0 radical (unpaired) electrons. The molecule has 5 rings (SSSR count). The number of rotatable bonds is 5. The minimum Gasteiger partial charge on any atom is -0.493 e. The SMILES string of the molecule is Cc1nnc(CN=C(NC2CC(C)N(C3CC3)C2)NC2CCOc3ccccc32)n1C. The van der Waals surface area contributed by atoms with E-state index in [2.05, 4.69) is 44.8 Å². The number of likely N-dealkylation sites (tertiary alicyclic amines) is 1. The standard InChI is InChI=1S/C23H33N7O/c1-15-12-17(14-30(15)18-8-9-18)25-23(24-13-22-28-27-16(2)29(22)3)26-20-10-11-31-21-7-5-4-6-19(20)21/h4-7,15,17-18,20H,8-14H2,1-3H3,(H2,24,25,26). The number of para-hydroxylation sites is 1. The Bertz CT molecular complexity index is 951. The van der Waals surface area contributed by atoms with Crippen molar-refractivity contribution in [2.75, 3.05) is 13.2 Å². The third-order valence-electron chi connectivity index (χ3n) is 6.81. The zero-order valence-corrected chi connectivity index (χ0v) is 18.7. The molecule has 1 aliphatic carbocycles. The average Bonchev–Trinajstić information content (AvgIpc) is 3.48. The summed E-state index contributed by atoms with van der Waals surface area (Å²) in [7, 11) is 1.99. The van der Waals surface area contributed by atoms with Crippen LogP contribution in [0.1, 0.15) is 55.9 Å². The fraction of sp³-hybridized carbons (Fsp3) is 0.609. The Morgan fingerprint density at radius 2 is 2.03 bits per heavy atom. The second-order valence-electron chi connectivity index (χ2n) is 9.11. The molecule has 2 aliphatic heterocycles. The number of nitrogens with one attached hydrogen (secondary N) is 2. The first-order valence-corrected chi connectivity index (χ1v) is 11.5. The van der Waals surface area contributed by atoms with Crippen LogP contribution in [0.2, 0.25) is 0 Å². The Labute approximate surface area is 184 Å². The molecule has 3 aliphatic rings. The molecule has 1 aromatic carbocycles. The normalized spacial score (nSPS) is 26.4. The van der Waals surface area contributed by atoms with Gasteiger partial charge in [-0.2, -0.15) is 0 Å². The van der Waals surface area contributed by atoms with Crippen LogP contribution in [-0.2, 0) is 13.6 Å². The number of ether oxygens (including phenoxy) is 1. The monoisotopic (exact) mass is 423 g/mol. The van der Waals surface area contributed by atoms with Crippen LogP contribution in [0.25, 0.3) is 0 Å². The van der Waals surface area contributed by atoms with Gasteiger partial charge in [0.1, 0.15) is 18.1 Å². The first kappa shape index (κ1) is 20.3. The number of aliphatic imine (C=N–C) groups is 1. The smallest absolute Gasteiger partial charge is 0.192 e. The number of hydrogen-bond acceptors (Lipinski definition) is 5. The lowest BCUT2D eigenvalue weighted by atomic mass is 10.0. The van der Waals surface area contributed by atoms with Gasteiger partial charge in [0.15, 0.2) is 11.8 Å². The van der Waals surface area contributed by atoms with Crippen LogP contribution in [0.5, 0.6) is 5.75 Å². The minimum absolute atomic E-state index is 0.177. The molecule has 0 spiro atoms. The molecule has 1 aromatic heterocycles. The molecule has 2 N–H and O–H groups in total. The number of hydrogen-bond donors (Lipinski definition) is 2. The molecule has 3 heterocycles. The largest absolute Gasteiger partial charge is 0.493 e. The summed E-state index contributed by atoms with van der Waals surface area (Å²) < 4.78 is 7.85. The quantitative estimate of drug-likeness (QED) is 0.568. The molecular weight excluding hydrogens is 390 g/mol. The van der Waals surface area contributed by atoms with Crippen LogP contribution in [0, 0.1) is 6.92 Å². The van der Waals surface area contributed by atoms with Crippen molar-refractivity contribution in [2.24, 2.45) is 12.0 Å². The Balaban J connectivity index is 1.34. The maximum atomic E-state index is 5.85. The lowest BCUT2D eigenvalue weighted by Crippen LogP contribution is -2.46. The van der Waals surface area contributed by atoms with Crippen molar-refractivity contribution in [3.8, 4) is 5.75 Å². The molecule has 0 amide bonds. The Morgan fingerprint density at radius 1 is 1.19 bits per heavy atom. The van der Waals surface area contributed by atoms with Crippen LogP contribution in [-0.4, -0.2) is 56.9 Å². The van der Waals surface area contributed by atoms with Crippen LogP contribution in [0.3, 0.4) is 0 Å². The lowest BCUT2D eigenvalue weighted by Gasteiger charge is -2.29. The van der Waals surface area contributed by atoms with Gasteiger partial charge in [-0.25, -0.2) is 4.99 Å². The number of nitrogens with zero attached hydrogens (tertiary/aromatic N) is 5. The Hall–Kier alpha value is -2.61. The van der Waals surface area contributed by atoms with Crippen LogP contribution >= 0.6 is 0 Å². The second-order valence-corrected chi connectivity index (χ2v) is 9.11. The summed E-state index contributed by atoms with van der Waals surface area (Å²) >= 11 is 0. The summed E-state index contributed by atoms with van der Waals surface area (Å²) in [6.07, 6.45) is 4.75. The molecule has 0 bridgehead atoms. The second kappa shape index (κ2) is 8.49. The van der Waals surface area contributed by atoms with Crippen molar-refractivity contribution in [2.45, 2.75) is 70.2 Å². The van der Waals surface area contributed by atoms with Gasteiger partial charge < -0.3 is 19.9 Å². The predicted octanol–water partition coefficient (Wildman–Crippen LogP) is 2.31. The fourth-order valence-corrected chi connectivity index (χ4v) is 4.80. The van der Waals surface area contributed by atoms with Crippen molar-refractivity contribution in [3.63, 3.8) is 0 Å². The van der Waals surface area contributed by atoms with E-state index in [0.717, 1.165) is 48.8 Å². The van der Waals surface area contributed by atoms with Gasteiger partial charge in [0.2, 0.25) is 0 Å². The van der Waals surface area contributed by atoms with Crippen LogP contribution in [0.15, 0.2) is 29.3 Å². The van der Waals surface area contributed by atoms with Crippen molar-refractivity contribution >= 4 is 5.96 Å². The van der Waals surface area contributed by atoms with Crippen LogP contribution < -0.4 is 15.4 Å². The number of aryl methyl sites for hydroxylation is 1. The summed E-state index contributed by atoms with van der Waals surface area (Å²) in [6.45, 7) is 6.59. The van der Waals surface area contributed by atoms with Gasteiger partial charge >= 0.3 is 0 Å². The fourth-order valence-electron chi connectivity index (χ4n) is 4.80. The molecule has 2 fully saturated rings. The molecule has 2 aromatic rings. The first-order valence-electron chi connectivity index (χ1n) is 11.5. The van der Waals surface area contributed by atoms with E-state index in [1.165, 1.54) is 18.4 Å². The molecule has 3 atom stereocenters. The van der Waals surface area contributed by atoms with Gasteiger partial charge in [-0.05, 0) is 39.2 Å². The molecule has 1 saturated heterocycles. The lowest BCUT2D eigenvalue weighted by molar-refractivity contribution is 0.255. The maximum absolute atomic E-state index is 5.85. The van der Waals surface area contributed by atoms with E-state index in [9.17, 15) is 0 Å². The number of aromatic nitrogens is 3. The van der Waals surface area contributed by atoms with Crippen molar-refractivity contribution in [1.29, 1.82) is 0 Å². The zero-order chi connectivity index (χ0) is 21.4. The van der Waals surface area contributed by atoms with E-state index < -0.39 is 0 Å². The van der Waals surface area contributed by atoms with Gasteiger partial charge in [-0.3, -0.25) is 4.90 Å². The van der Waals surface area contributed by atoms with Gasteiger partial charge in [-0.15, -0.1) is 10.2 Å². The average molecular weight is 424 g/mol. The molecule has 166 valence electrons. The van der Waals surface area contributed by atoms with Crippen molar-refractivity contribution in [1.82, 2.24) is 30.3 Å². The summed E-state index contributed by atoms with van der Waals surface area (Å²) in [6, 6.07) is 10.3. The molecule has 8 heteroatoms. The molecule has 31 heavy (non-hydrogen) atoms. The van der Waals surface area contributed by atoms with Gasteiger partial charge in [0, 0.05) is 43.7 Å². The third-order valence-corrected chi connectivity index (χ3v) is 6.81. The van der Waals surface area contributed by atoms with E-state index in [4.69, 9.17) is 9.73 Å². The summed E-state index contributed by atoms with van der Waals surface area (Å²) in [5.41, 5.74) is 1.19. The predicted molar refractivity (Wildman–Crippen MR) is 120 cm³/mol. The molecule has 3 unspecified atom stereocenters. The first-order chi connectivity index (χ1) is 15.1. The number of benzene rings is 1. The highest BCUT2D eigenvalue weighted by molar-refractivity contribution is 5.80. The third kappa shape index (κ3) is 4.39. The summed E-state index contributed by atoms with van der Waals surface area (Å²) in [4.78, 5) is 7.58. The molecule has 1 saturated carbocycles. The van der Waals surface area contributed by atoms with Crippen molar-refractivity contribution in [3.05, 3.63) is 41.5 Å². The molecule has 8 nitrogen and oxygen atoms in total. The van der Waals surface area contributed by atoms with Gasteiger partial charge in [0.05, 0.1) is 12.6 Å². The van der Waals surface area contributed by atoms with Crippen molar-refractivity contribution < 1.29 is 4.74 Å². The van der Waals surface area contributed by atoms with E-state index in [1.54, 1.807) is 0 Å². The minimum atomic E-state index is 0.177. The maximum Gasteiger partial charge on any atom is 0.192 e. The highest BCUT2D eigenvalue weighted by Crippen LogP contribution is 2.34. The Kier molecular flexibility index (Phi) is 5.56. The van der Waals surface area contributed by atoms with Gasteiger partial charge in [0.25, 0.3) is 0 Å². The van der Waals surface area contributed by atoms with Crippen LogP contribution in [0.4, 0.5) is 0 Å². The number of guanidine groups is 1. The van der Waals surface area contributed by atoms with E-state index in [0.29, 0.717) is 25.2 Å². The highest BCUT2D eigenvalue weighted by atomic mass is 16.5.